The lowest BCUT2D eigenvalue weighted by atomic mass is 9.91. The third-order valence-electron chi connectivity index (χ3n) is 12.2. The zero-order valence-corrected chi connectivity index (χ0v) is 40.5. The Morgan fingerprint density at radius 1 is 0.429 bits per heavy atom. The van der Waals surface area contributed by atoms with Gasteiger partial charge in [-0.3, -0.25) is 28.9 Å². The first kappa shape index (κ1) is 58.3. The minimum Gasteiger partial charge on any atom is -0.465 e. The molecule has 0 aromatic heterocycles. The maximum Gasteiger partial charge on any atom is 0.305 e. The Kier molecular flexibility index (Phi) is 38.8. The summed E-state index contributed by atoms with van der Waals surface area (Å²) < 4.78 is 28.0. The third kappa shape index (κ3) is 35.2. The smallest absolute Gasteiger partial charge is 0.305 e. The lowest BCUT2D eigenvalue weighted by Gasteiger charge is -2.37. The predicted molar refractivity (Wildman–Crippen MR) is 249 cm³/mol. The average molecular weight is 896 g/mol. The Morgan fingerprint density at radius 3 is 1.08 bits per heavy atom. The first-order valence-corrected chi connectivity index (χ1v) is 25.8. The molecular formula is C51H93NO11. The van der Waals surface area contributed by atoms with Crippen molar-refractivity contribution in [3.05, 3.63) is 0 Å². The number of carbonyl (C=O) groups excluding carboxylic acids is 5. The van der Waals surface area contributed by atoms with Crippen LogP contribution >= 0.6 is 0 Å². The van der Waals surface area contributed by atoms with E-state index in [4.69, 9.17) is 23.7 Å². The second-order valence-electron chi connectivity index (χ2n) is 18.1. The molecule has 0 amide bonds. The summed E-state index contributed by atoms with van der Waals surface area (Å²) in [5, 5.41) is 9.41. The van der Waals surface area contributed by atoms with Crippen LogP contribution in [0.3, 0.4) is 0 Å². The number of ether oxygens (including phenoxy) is 5. The van der Waals surface area contributed by atoms with E-state index in [-0.39, 0.29) is 82.3 Å². The van der Waals surface area contributed by atoms with Crippen molar-refractivity contribution in [2.45, 2.75) is 232 Å². The maximum atomic E-state index is 12.9. The van der Waals surface area contributed by atoms with Crippen molar-refractivity contribution in [2.75, 3.05) is 52.7 Å². The third-order valence-corrected chi connectivity index (χ3v) is 12.2. The molecule has 0 saturated heterocycles. The molecule has 1 aliphatic carbocycles. The van der Waals surface area contributed by atoms with E-state index in [1.807, 2.05) is 0 Å². The van der Waals surface area contributed by atoms with Crippen molar-refractivity contribution < 1.29 is 52.8 Å². The van der Waals surface area contributed by atoms with Crippen molar-refractivity contribution in [1.82, 2.24) is 4.90 Å². The number of carbonyl (C=O) groups is 5. The van der Waals surface area contributed by atoms with Crippen LogP contribution in [0, 0.1) is 11.8 Å². The number of rotatable bonds is 45. The summed E-state index contributed by atoms with van der Waals surface area (Å²) in [6, 6.07) is 0.603. The largest absolute Gasteiger partial charge is 0.465 e. The molecule has 1 fully saturated rings. The van der Waals surface area contributed by atoms with E-state index in [0.717, 1.165) is 116 Å². The highest BCUT2D eigenvalue weighted by molar-refractivity contribution is 5.71. The normalized spacial score (nSPS) is 13.2. The number of aliphatic hydroxyl groups excluding tert-OH is 1. The quantitative estimate of drug-likeness (QED) is 0.0351. The van der Waals surface area contributed by atoms with E-state index >= 15 is 0 Å². The van der Waals surface area contributed by atoms with E-state index in [1.54, 1.807) is 0 Å². The number of unbranched alkanes of at least 4 members (excludes halogenated alkanes) is 18. The van der Waals surface area contributed by atoms with Crippen molar-refractivity contribution in [3.63, 3.8) is 0 Å². The molecule has 0 heterocycles. The van der Waals surface area contributed by atoms with Crippen LogP contribution < -0.4 is 0 Å². The molecular weight excluding hydrogens is 803 g/mol. The lowest BCUT2D eigenvalue weighted by Crippen LogP contribution is -2.42. The number of hydrogen-bond donors (Lipinski definition) is 1. The minimum absolute atomic E-state index is 0.0161. The van der Waals surface area contributed by atoms with Gasteiger partial charge in [-0.15, -0.1) is 0 Å². The summed E-state index contributed by atoms with van der Waals surface area (Å²) in [6.45, 7) is 8.52. The number of aliphatic hydroxyl groups is 1. The van der Waals surface area contributed by atoms with E-state index in [9.17, 15) is 29.1 Å². The Labute approximate surface area is 383 Å². The molecule has 1 unspecified atom stereocenters. The number of esters is 5. The standard InChI is InChI=1S/C51H93NO11/c1-4-7-10-13-14-15-18-23-33-49(56)61-41-45(42-62-50(57)34-24-19-20-25-36-52(37-38-53)46-29-27-30-46)43-63-51(58)35-26-28-44(39-59-47(54)31-21-16-11-8-5-2)40-60-48(55)32-22-17-12-9-6-3/h44-46,53H,4-43H2,1-3H3. The number of hydrogen-bond acceptors (Lipinski definition) is 12. The van der Waals surface area contributed by atoms with Crippen LogP contribution in [0.4, 0.5) is 0 Å². The van der Waals surface area contributed by atoms with E-state index < -0.39 is 11.9 Å². The average Bonchev–Trinajstić information content (AvgIpc) is 3.25. The van der Waals surface area contributed by atoms with Gasteiger partial charge < -0.3 is 28.8 Å². The Hall–Kier alpha value is -2.73. The molecule has 63 heavy (non-hydrogen) atoms. The van der Waals surface area contributed by atoms with Crippen LogP contribution in [-0.2, 0) is 47.7 Å². The Balaban J connectivity index is 2.62. The van der Waals surface area contributed by atoms with Gasteiger partial charge in [0.2, 0.25) is 0 Å². The molecule has 368 valence electrons. The van der Waals surface area contributed by atoms with Gasteiger partial charge >= 0.3 is 29.8 Å². The molecule has 12 heteroatoms. The van der Waals surface area contributed by atoms with Crippen LogP contribution in [0.15, 0.2) is 0 Å². The highest BCUT2D eigenvalue weighted by Gasteiger charge is 2.24. The summed E-state index contributed by atoms with van der Waals surface area (Å²) in [4.78, 5) is 65.6. The van der Waals surface area contributed by atoms with Crippen molar-refractivity contribution >= 4 is 29.8 Å². The molecule has 0 aromatic rings. The monoisotopic (exact) mass is 896 g/mol. The van der Waals surface area contributed by atoms with Gasteiger partial charge in [-0.05, 0) is 64.3 Å². The molecule has 0 spiro atoms. The second kappa shape index (κ2) is 41.9. The molecule has 0 bridgehead atoms. The van der Waals surface area contributed by atoms with Crippen LogP contribution in [-0.4, -0.2) is 98.6 Å². The fourth-order valence-electron chi connectivity index (χ4n) is 7.75. The maximum absolute atomic E-state index is 12.9. The predicted octanol–water partition coefficient (Wildman–Crippen LogP) is 11.2. The second-order valence-corrected chi connectivity index (χ2v) is 18.1. The molecule has 1 atom stereocenters. The van der Waals surface area contributed by atoms with Gasteiger partial charge in [0.25, 0.3) is 0 Å². The fourth-order valence-corrected chi connectivity index (χ4v) is 7.75. The molecule has 1 N–H and O–H groups in total. The van der Waals surface area contributed by atoms with Crippen LogP contribution in [0.2, 0.25) is 0 Å². The summed E-state index contributed by atoms with van der Waals surface area (Å²) in [5.74, 6) is -2.33. The summed E-state index contributed by atoms with van der Waals surface area (Å²) in [5.41, 5.74) is 0. The summed E-state index contributed by atoms with van der Waals surface area (Å²) >= 11 is 0. The molecule has 1 rings (SSSR count). The van der Waals surface area contributed by atoms with Gasteiger partial charge in [0.15, 0.2) is 0 Å². The molecule has 0 aliphatic heterocycles. The van der Waals surface area contributed by atoms with Crippen LogP contribution in [0.1, 0.15) is 226 Å². The lowest BCUT2D eigenvalue weighted by molar-refractivity contribution is -0.155. The first-order valence-electron chi connectivity index (χ1n) is 25.8. The molecule has 12 nitrogen and oxygen atoms in total. The Morgan fingerprint density at radius 2 is 0.746 bits per heavy atom. The van der Waals surface area contributed by atoms with E-state index in [1.165, 1.54) is 51.4 Å². The molecule has 0 aromatic carbocycles. The van der Waals surface area contributed by atoms with E-state index in [2.05, 4.69) is 25.7 Å². The fraction of sp³-hybridized carbons (Fsp3) is 0.902. The van der Waals surface area contributed by atoms with Gasteiger partial charge in [-0.2, -0.15) is 0 Å². The van der Waals surface area contributed by atoms with Gasteiger partial charge in [-0.1, -0.05) is 136 Å². The van der Waals surface area contributed by atoms with Gasteiger partial charge in [0, 0.05) is 50.6 Å². The van der Waals surface area contributed by atoms with Gasteiger partial charge in [-0.25, -0.2) is 0 Å². The highest BCUT2D eigenvalue weighted by atomic mass is 16.6. The van der Waals surface area contributed by atoms with Crippen LogP contribution in [0.25, 0.3) is 0 Å². The first-order chi connectivity index (χ1) is 30.7. The summed E-state index contributed by atoms with van der Waals surface area (Å²) in [7, 11) is 0. The van der Waals surface area contributed by atoms with Crippen molar-refractivity contribution in [1.29, 1.82) is 0 Å². The minimum atomic E-state index is -0.500. The van der Waals surface area contributed by atoms with Crippen molar-refractivity contribution in [3.8, 4) is 0 Å². The van der Waals surface area contributed by atoms with Gasteiger partial charge in [0.05, 0.1) is 25.7 Å². The molecule has 1 saturated carbocycles. The summed E-state index contributed by atoms with van der Waals surface area (Å²) in [6.07, 6.45) is 29.0. The van der Waals surface area contributed by atoms with E-state index in [0.29, 0.717) is 44.6 Å². The number of nitrogens with zero attached hydrogens (tertiary/aromatic N) is 1. The zero-order valence-electron chi connectivity index (χ0n) is 40.5. The highest BCUT2D eigenvalue weighted by Crippen LogP contribution is 2.25. The van der Waals surface area contributed by atoms with Gasteiger partial charge in [0.1, 0.15) is 19.8 Å². The van der Waals surface area contributed by atoms with Crippen LogP contribution in [0.5, 0.6) is 0 Å². The van der Waals surface area contributed by atoms with Crippen molar-refractivity contribution in [2.24, 2.45) is 11.8 Å². The SMILES string of the molecule is CCCCCCCCCCC(=O)OCC(COC(=O)CCCCCCN(CCO)C1CCC1)COC(=O)CCCC(COC(=O)CCCCCCC)COC(=O)CCCCCCC. The molecule has 1 aliphatic rings. The molecule has 0 radical (unpaired) electrons. The Bertz CT molecular complexity index is 1120. The zero-order chi connectivity index (χ0) is 46.0. The topological polar surface area (TPSA) is 155 Å².